The second-order valence-corrected chi connectivity index (χ2v) is 10.7. The van der Waals surface area contributed by atoms with Crippen molar-refractivity contribution in [2.75, 3.05) is 6.66 Å². The van der Waals surface area contributed by atoms with E-state index >= 15 is 0 Å². The highest BCUT2D eigenvalue weighted by Gasteiger charge is 2.40. The van der Waals surface area contributed by atoms with Gasteiger partial charge in [0.05, 0.1) is 8.15 Å². The number of hydrogen-bond acceptors (Lipinski definition) is 1. The van der Waals surface area contributed by atoms with E-state index < -0.39 is 8.15 Å². The predicted molar refractivity (Wildman–Crippen MR) is 92.8 cm³/mol. The third-order valence-corrected chi connectivity index (χ3v) is 8.97. The molecule has 0 spiro atoms. The van der Waals surface area contributed by atoms with Crippen LogP contribution in [0.2, 0.25) is 0 Å². The van der Waals surface area contributed by atoms with E-state index in [9.17, 15) is 0 Å². The Labute approximate surface area is 131 Å². The minimum Gasteiger partial charge on any atom is -0.474 e. The van der Waals surface area contributed by atoms with E-state index in [-0.39, 0.29) is 10.6 Å². The summed E-state index contributed by atoms with van der Waals surface area (Å²) in [5.74, 6) is 2.74. The van der Waals surface area contributed by atoms with Crippen LogP contribution >= 0.6 is 8.15 Å². The first-order valence-corrected chi connectivity index (χ1v) is 9.96. The van der Waals surface area contributed by atoms with Gasteiger partial charge in [-0.3, -0.25) is 0 Å². The highest BCUT2D eigenvalue weighted by molar-refractivity contribution is 7.53. The Morgan fingerprint density at radius 3 is 2.24 bits per heavy atom. The summed E-state index contributed by atoms with van der Waals surface area (Å²) in [6, 6.07) is 6.88. The normalized spacial score (nSPS) is 25.8. The van der Waals surface area contributed by atoms with Crippen molar-refractivity contribution in [1.82, 2.24) is 0 Å². The highest BCUT2D eigenvalue weighted by Crippen LogP contribution is 2.57. The van der Waals surface area contributed by atoms with Crippen LogP contribution in [0.15, 0.2) is 18.2 Å². The van der Waals surface area contributed by atoms with Gasteiger partial charge in [-0.1, -0.05) is 40.7 Å². The van der Waals surface area contributed by atoms with Gasteiger partial charge >= 0.3 is 0 Å². The van der Waals surface area contributed by atoms with Crippen LogP contribution in [0.1, 0.15) is 76.8 Å². The lowest BCUT2D eigenvalue weighted by Gasteiger charge is -2.42. The third-order valence-electron chi connectivity index (χ3n) is 6.24. The van der Waals surface area contributed by atoms with E-state index in [1.165, 1.54) is 19.3 Å². The van der Waals surface area contributed by atoms with Crippen LogP contribution in [0.4, 0.5) is 0 Å². The van der Waals surface area contributed by atoms with Crippen LogP contribution in [0, 0.1) is 5.41 Å². The summed E-state index contributed by atoms with van der Waals surface area (Å²) in [7, 11) is -0.502. The molecule has 1 aromatic rings. The van der Waals surface area contributed by atoms with Crippen molar-refractivity contribution in [3.63, 3.8) is 0 Å². The molecule has 2 bridgehead atoms. The molecule has 1 nitrogen and oxygen atoms in total. The standard InChI is InChI=1S/C19H29OP/c1-18(2,3)19(4,5)21(6)20-15-9-10-16-13-7-8-14(11-13)17(16)12-15/h9-10,12-14H,7-8,11H2,1-6H3. The van der Waals surface area contributed by atoms with Gasteiger partial charge in [-0.05, 0) is 66.4 Å². The van der Waals surface area contributed by atoms with Crippen molar-refractivity contribution in [2.24, 2.45) is 5.41 Å². The molecule has 1 fully saturated rings. The molecule has 0 N–H and O–H groups in total. The SMILES string of the molecule is CP(Oc1ccc2c(c1)C1CCC2C1)C(C)(C)C(C)(C)C. The molecule has 0 radical (unpaired) electrons. The Balaban J connectivity index is 1.79. The Morgan fingerprint density at radius 2 is 1.62 bits per heavy atom. The first kappa shape index (κ1) is 15.3. The molecule has 2 heteroatoms. The summed E-state index contributed by atoms with van der Waals surface area (Å²) in [6.45, 7) is 13.9. The Kier molecular flexibility index (Phi) is 3.64. The second-order valence-electron chi connectivity index (χ2n) is 8.40. The number of hydrogen-bond donors (Lipinski definition) is 0. The zero-order valence-electron chi connectivity index (χ0n) is 14.4. The average Bonchev–Trinajstić information content (AvgIpc) is 2.98. The molecule has 1 saturated carbocycles. The molecule has 0 amide bonds. The maximum Gasteiger partial charge on any atom is 0.123 e. The molecule has 0 saturated heterocycles. The van der Waals surface area contributed by atoms with Crippen LogP contribution in [-0.4, -0.2) is 11.8 Å². The van der Waals surface area contributed by atoms with E-state index in [2.05, 4.69) is 59.5 Å². The van der Waals surface area contributed by atoms with Crippen molar-refractivity contribution in [3.05, 3.63) is 29.3 Å². The number of fused-ring (bicyclic) bond motifs is 5. The van der Waals surface area contributed by atoms with Gasteiger partial charge in [0.15, 0.2) is 0 Å². The van der Waals surface area contributed by atoms with Gasteiger partial charge in [-0.15, -0.1) is 0 Å². The molecule has 0 heterocycles. The van der Waals surface area contributed by atoms with E-state index in [0.717, 1.165) is 17.6 Å². The predicted octanol–water partition coefficient (Wildman–Crippen LogP) is 6.28. The zero-order chi connectivity index (χ0) is 15.4. The number of benzene rings is 1. The third kappa shape index (κ3) is 2.52. The van der Waals surface area contributed by atoms with Gasteiger partial charge < -0.3 is 4.52 Å². The van der Waals surface area contributed by atoms with E-state index in [1.54, 1.807) is 11.1 Å². The van der Waals surface area contributed by atoms with Gasteiger partial charge in [-0.25, -0.2) is 0 Å². The van der Waals surface area contributed by atoms with Gasteiger partial charge in [0, 0.05) is 5.16 Å². The summed E-state index contributed by atoms with van der Waals surface area (Å²) in [6.07, 6.45) is 4.16. The quantitative estimate of drug-likeness (QED) is 0.597. The Hall–Kier alpha value is -0.550. The average molecular weight is 304 g/mol. The summed E-state index contributed by atoms with van der Waals surface area (Å²) in [4.78, 5) is 0. The monoisotopic (exact) mass is 304 g/mol. The summed E-state index contributed by atoms with van der Waals surface area (Å²) < 4.78 is 6.40. The van der Waals surface area contributed by atoms with Crippen molar-refractivity contribution >= 4 is 8.15 Å². The summed E-state index contributed by atoms with van der Waals surface area (Å²) in [5.41, 5.74) is 3.44. The maximum atomic E-state index is 6.40. The first-order chi connectivity index (χ1) is 9.70. The van der Waals surface area contributed by atoms with Crippen LogP contribution in [-0.2, 0) is 0 Å². The highest BCUT2D eigenvalue weighted by atomic mass is 31.1. The molecule has 3 atom stereocenters. The van der Waals surface area contributed by atoms with Crippen LogP contribution in [0.5, 0.6) is 5.75 Å². The first-order valence-electron chi connectivity index (χ1n) is 8.26. The van der Waals surface area contributed by atoms with Crippen molar-refractivity contribution in [2.45, 2.75) is 70.9 Å². The maximum absolute atomic E-state index is 6.40. The summed E-state index contributed by atoms with van der Waals surface area (Å²) in [5, 5.41) is 0.195. The molecular weight excluding hydrogens is 275 g/mol. The number of rotatable bonds is 3. The molecule has 2 aliphatic carbocycles. The molecule has 116 valence electrons. The van der Waals surface area contributed by atoms with Gasteiger partial charge in [-0.2, -0.15) is 0 Å². The largest absolute Gasteiger partial charge is 0.474 e. The van der Waals surface area contributed by atoms with Crippen molar-refractivity contribution in [1.29, 1.82) is 0 Å². The zero-order valence-corrected chi connectivity index (χ0v) is 15.3. The molecule has 2 aliphatic rings. The summed E-state index contributed by atoms with van der Waals surface area (Å²) >= 11 is 0. The van der Waals surface area contributed by atoms with Crippen LogP contribution in [0.3, 0.4) is 0 Å². The van der Waals surface area contributed by atoms with Gasteiger partial charge in [0.2, 0.25) is 0 Å². The lowest BCUT2D eigenvalue weighted by atomic mass is 9.82. The molecule has 21 heavy (non-hydrogen) atoms. The lowest BCUT2D eigenvalue weighted by Crippen LogP contribution is -2.35. The molecule has 0 aromatic heterocycles. The topological polar surface area (TPSA) is 9.23 Å². The smallest absolute Gasteiger partial charge is 0.123 e. The van der Waals surface area contributed by atoms with Gasteiger partial charge in [0.25, 0.3) is 0 Å². The van der Waals surface area contributed by atoms with Crippen LogP contribution < -0.4 is 4.52 Å². The minimum absolute atomic E-state index is 0.195. The van der Waals surface area contributed by atoms with Crippen molar-refractivity contribution < 1.29 is 4.52 Å². The van der Waals surface area contributed by atoms with Gasteiger partial charge in [0.1, 0.15) is 5.75 Å². The fraction of sp³-hybridized carbons (Fsp3) is 0.684. The molecule has 3 unspecified atom stereocenters. The second kappa shape index (κ2) is 4.98. The van der Waals surface area contributed by atoms with Crippen molar-refractivity contribution in [3.8, 4) is 5.75 Å². The van der Waals surface area contributed by atoms with E-state index in [4.69, 9.17) is 4.52 Å². The Bertz CT molecular complexity index is 541. The molecule has 1 aromatic carbocycles. The van der Waals surface area contributed by atoms with E-state index in [1.807, 2.05) is 0 Å². The molecule has 3 rings (SSSR count). The lowest BCUT2D eigenvalue weighted by molar-refractivity contribution is 0.301. The van der Waals surface area contributed by atoms with Crippen LogP contribution in [0.25, 0.3) is 0 Å². The minimum atomic E-state index is -0.502. The Morgan fingerprint density at radius 1 is 1.00 bits per heavy atom. The van der Waals surface area contributed by atoms with E-state index in [0.29, 0.717) is 0 Å². The fourth-order valence-corrected chi connectivity index (χ4v) is 5.23. The molecule has 0 aliphatic heterocycles. The molecular formula is C19H29OP. The fourth-order valence-electron chi connectivity index (χ4n) is 3.63.